The van der Waals surface area contributed by atoms with E-state index >= 15 is 0 Å². The van der Waals surface area contributed by atoms with Gasteiger partial charge in [0.15, 0.2) is 0 Å². The van der Waals surface area contributed by atoms with Crippen LogP contribution in [0.15, 0.2) is 42.5 Å². The van der Waals surface area contributed by atoms with Crippen LogP contribution in [0.25, 0.3) is 0 Å². The number of rotatable bonds is 7. The van der Waals surface area contributed by atoms with Crippen molar-refractivity contribution in [3.8, 4) is 0 Å². The molecule has 1 rings (SSSR count). The molecule has 0 spiro atoms. The summed E-state index contributed by atoms with van der Waals surface area (Å²) in [5.41, 5.74) is 0.598. The molecule has 1 aromatic carbocycles. The average molecular weight is 307 g/mol. The van der Waals surface area contributed by atoms with Gasteiger partial charge in [-0.1, -0.05) is 37.8 Å². The van der Waals surface area contributed by atoms with Crippen molar-refractivity contribution >= 4 is 14.0 Å². The monoisotopic (exact) mass is 306 g/mol. The summed E-state index contributed by atoms with van der Waals surface area (Å²) in [5.74, 6) is -0.268. The molecule has 21 heavy (non-hydrogen) atoms. The molecule has 0 aromatic heterocycles. The predicted octanol–water partition coefficient (Wildman–Crippen LogP) is 3.35. The molecule has 0 fully saturated rings. The maximum Gasteiger partial charge on any atom is 0.338 e. The number of esters is 1. The molecule has 0 radical (unpaired) electrons. The fourth-order valence-electron chi connectivity index (χ4n) is 2.56. The van der Waals surface area contributed by atoms with Crippen LogP contribution < -0.4 is 0 Å². The summed E-state index contributed by atoms with van der Waals surface area (Å²) in [6, 6.07) is 9.08. The lowest BCUT2D eigenvalue weighted by Gasteiger charge is -2.34. The minimum Gasteiger partial charge on any atom is -0.458 e. The third-order valence-electron chi connectivity index (χ3n) is 2.99. The van der Waals surface area contributed by atoms with Gasteiger partial charge in [0, 0.05) is 0 Å². The second kappa shape index (κ2) is 7.57. The largest absolute Gasteiger partial charge is 0.458 e. The van der Waals surface area contributed by atoms with E-state index < -0.39 is 8.07 Å². The van der Waals surface area contributed by atoms with Crippen molar-refractivity contribution in [1.29, 1.82) is 0 Å². The molecule has 4 heteroatoms. The number of carbonyl (C=O) groups is 1. The Morgan fingerprint density at radius 3 is 2.33 bits per heavy atom. The Morgan fingerprint density at radius 2 is 1.76 bits per heavy atom. The van der Waals surface area contributed by atoms with Crippen LogP contribution in [0.5, 0.6) is 0 Å². The van der Waals surface area contributed by atoms with Gasteiger partial charge in [-0.25, -0.2) is 4.79 Å². The molecule has 0 bridgehead atoms. The highest BCUT2D eigenvalue weighted by Gasteiger charge is 2.25. The van der Waals surface area contributed by atoms with E-state index in [0.29, 0.717) is 12.2 Å². The lowest BCUT2D eigenvalue weighted by atomic mass is 10.2. The van der Waals surface area contributed by atoms with Crippen LogP contribution in [0.3, 0.4) is 0 Å². The molecule has 0 saturated heterocycles. The van der Waals surface area contributed by atoms with Gasteiger partial charge in [0.25, 0.3) is 0 Å². The van der Waals surface area contributed by atoms with E-state index in [1.807, 2.05) is 24.3 Å². The van der Waals surface area contributed by atoms with Crippen molar-refractivity contribution in [3.63, 3.8) is 0 Å². The summed E-state index contributed by atoms with van der Waals surface area (Å²) in [6.07, 6.45) is 5.28. The van der Waals surface area contributed by atoms with E-state index in [4.69, 9.17) is 4.74 Å². The number of likely N-dealkylation sites (N-methyl/N-ethyl adjacent to an activating group) is 1. The smallest absolute Gasteiger partial charge is 0.338 e. The zero-order chi connectivity index (χ0) is 15.9. The number of ether oxygens (including phenoxy) is 1. The Bertz CT molecular complexity index is 475. The van der Waals surface area contributed by atoms with Crippen LogP contribution in [-0.2, 0) is 4.74 Å². The van der Waals surface area contributed by atoms with Crippen molar-refractivity contribution in [2.75, 3.05) is 33.4 Å². The highest BCUT2D eigenvalue weighted by Crippen LogP contribution is 2.08. The van der Waals surface area contributed by atoms with Gasteiger partial charge < -0.3 is 9.22 Å². The van der Waals surface area contributed by atoms with E-state index in [-0.39, 0.29) is 5.97 Å². The van der Waals surface area contributed by atoms with Crippen LogP contribution >= 0.6 is 0 Å². The van der Waals surface area contributed by atoms with E-state index in [2.05, 4.69) is 39.8 Å². The van der Waals surface area contributed by atoms with Gasteiger partial charge in [-0.05, 0) is 24.3 Å². The third-order valence-corrected chi connectivity index (χ3v) is 4.79. The maximum atomic E-state index is 11.7. The van der Waals surface area contributed by atoms with Gasteiger partial charge in [-0.3, -0.25) is 0 Å². The molecule has 0 saturated carbocycles. The summed E-state index contributed by atoms with van der Waals surface area (Å²) < 4.78 is 6.20. The Labute approximate surface area is 129 Å². The second-order valence-electron chi connectivity index (χ2n) is 7.27. The van der Waals surface area contributed by atoms with Crippen LogP contribution in [0.4, 0.5) is 0 Å². The Morgan fingerprint density at radius 1 is 1.14 bits per heavy atom. The molecule has 0 aliphatic rings. The van der Waals surface area contributed by atoms with E-state index in [9.17, 15) is 4.79 Å². The highest BCUT2D eigenvalue weighted by molar-refractivity contribution is 6.75. The molecule has 0 atom stereocenters. The van der Waals surface area contributed by atoms with E-state index in [1.54, 1.807) is 12.1 Å². The number of benzene rings is 1. The Kier molecular flexibility index (Phi) is 6.36. The van der Waals surface area contributed by atoms with Crippen molar-refractivity contribution in [3.05, 3.63) is 48.0 Å². The molecule has 3 nitrogen and oxygen atoms in total. The van der Waals surface area contributed by atoms with E-state index in [1.165, 1.54) is 6.17 Å². The zero-order valence-corrected chi connectivity index (χ0v) is 14.9. The first kappa shape index (κ1) is 17.7. The first-order chi connectivity index (χ1) is 9.70. The Hall–Kier alpha value is -1.39. The summed E-state index contributed by atoms with van der Waals surface area (Å²) in [7, 11) is 3.43. The van der Waals surface area contributed by atoms with Gasteiger partial charge in [-0.15, -0.1) is 0 Å². The molecule has 116 valence electrons. The average Bonchev–Trinajstić information content (AvgIpc) is 2.36. The number of quaternary nitrogens is 1. The fourth-order valence-corrected chi connectivity index (χ4v) is 5.26. The Balaban J connectivity index is 2.34. The quantitative estimate of drug-likeness (QED) is 0.334. The topological polar surface area (TPSA) is 26.3 Å². The van der Waals surface area contributed by atoms with Gasteiger partial charge in [0.2, 0.25) is 0 Å². The lowest BCUT2D eigenvalue weighted by Crippen LogP contribution is -2.50. The molecular formula is C17H28NO2Si+. The maximum absolute atomic E-state index is 11.7. The third kappa shape index (κ3) is 7.83. The lowest BCUT2D eigenvalue weighted by molar-refractivity contribution is -0.874. The van der Waals surface area contributed by atoms with Crippen LogP contribution in [0, 0.1) is 0 Å². The molecule has 1 aromatic rings. The molecule has 0 aliphatic heterocycles. The first-order valence-electron chi connectivity index (χ1n) is 7.39. The van der Waals surface area contributed by atoms with Crippen molar-refractivity contribution < 1.29 is 14.0 Å². The highest BCUT2D eigenvalue weighted by atomic mass is 28.3. The molecule has 0 amide bonds. The van der Waals surface area contributed by atoms with Gasteiger partial charge >= 0.3 is 5.97 Å². The molecular weight excluding hydrogens is 278 g/mol. The molecule has 0 heterocycles. The number of hydrogen-bond acceptors (Lipinski definition) is 2. The summed E-state index contributed by atoms with van der Waals surface area (Å²) >= 11 is 0. The summed E-state index contributed by atoms with van der Waals surface area (Å²) in [6.45, 7) is 8.46. The standard InChI is InChI=1S/C17H28NO2Si/c1-18(2,15-21(3,4)5)13-9-10-14-20-17(19)16-11-7-6-8-12-16/h6-12H,13-15H2,1-5H3/q+1/b10-9+. The second-order valence-corrected chi connectivity index (χ2v) is 12.7. The van der Waals surface area contributed by atoms with E-state index in [0.717, 1.165) is 11.0 Å². The molecule has 0 unspecified atom stereocenters. The van der Waals surface area contributed by atoms with Gasteiger partial charge in [0.05, 0.1) is 32.4 Å². The normalized spacial score (nSPS) is 12.6. The summed E-state index contributed by atoms with van der Waals surface area (Å²) in [5, 5.41) is 0. The SMILES string of the molecule is C[N+](C)(C/C=C/COC(=O)c1ccccc1)C[Si](C)(C)C. The van der Waals surface area contributed by atoms with Crippen molar-refractivity contribution in [2.24, 2.45) is 0 Å². The van der Waals surface area contributed by atoms with Crippen LogP contribution in [0.2, 0.25) is 19.6 Å². The minimum absolute atomic E-state index is 0.268. The number of hydrogen-bond donors (Lipinski definition) is 0. The van der Waals surface area contributed by atoms with Crippen LogP contribution in [-0.4, -0.2) is 51.9 Å². The molecule has 0 N–H and O–H groups in total. The van der Waals surface area contributed by atoms with Gasteiger partial charge in [-0.2, -0.15) is 0 Å². The zero-order valence-electron chi connectivity index (χ0n) is 13.9. The number of carbonyl (C=O) groups excluding carboxylic acids is 1. The first-order valence-corrected chi connectivity index (χ1v) is 11.1. The van der Waals surface area contributed by atoms with Crippen LogP contribution in [0.1, 0.15) is 10.4 Å². The van der Waals surface area contributed by atoms with Crippen molar-refractivity contribution in [1.82, 2.24) is 0 Å². The number of nitrogens with zero attached hydrogens (tertiary/aromatic N) is 1. The molecule has 0 aliphatic carbocycles. The van der Waals surface area contributed by atoms with Crippen molar-refractivity contribution in [2.45, 2.75) is 19.6 Å². The van der Waals surface area contributed by atoms with Gasteiger partial charge in [0.1, 0.15) is 14.7 Å². The fraction of sp³-hybridized carbons (Fsp3) is 0.471. The predicted molar refractivity (Wildman–Crippen MR) is 91.1 cm³/mol. The minimum atomic E-state index is -1.07. The summed E-state index contributed by atoms with van der Waals surface area (Å²) in [4.78, 5) is 11.7.